The third-order valence-corrected chi connectivity index (χ3v) is 5.10. The maximum Gasteiger partial charge on any atom is -0.00102 e. The zero-order valence-electron chi connectivity index (χ0n) is 11.6. The van der Waals surface area contributed by atoms with Crippen LogP contribution in [-0.2, 0) is 11.8 Å². The molecule has 1 heterocycles. The van der Waals surface area contributed by atoms with Crippen molar-refractivity contribution in [1.82, 2.24) is 4.90 Å². The van der Waals surface area contributed by atoms with Crippen molar-refractivity contribution in [2.75, 3.05) is 19.6 Å². The second kappa shape index (κ2) is 5.05. The van der Waals surface area contributed by atoms with Crippen LogP contribution >= 0.6 is 0 Å². The summed E-state index contributed by atoms with van der Waals surface area (Å²) < 4.78 is 0. The van der Waals surface area contributed by atoms with E-state index >= 15 is 0 Å². The molecule has 0 radical (unpaired) electrons. The Morgan fingerprint density at radius 2 is 1.89 bits per heavy atom. The average molecular weight is 243 g/mol. The Morgan fingerprint density at radius 3 is 2.67 bits per heavy atom. The van der Waals surface area contributed by atoms with Crippen LogP contribution in [0.15, 0.2) is 24.3 Å². The number of aryl methyl sites for hydroxylation is 1. The van der Waals surface area contributed by atoms with Crippen LogP contribution in [0.25, 0.3) is 0 Å². The number of hydrogen-bond donors (Lipinski definition) is 0. The maximum absolute atomic E-state index is 2.68. The molecule has 1 aliphatic heterocycles. The minimum absolute atomic E-state index is 0.541. The molecule has 1 fully saturated rings. The highest BCUT2D eigenvalue weighted by Crippen LogP contribution is 2.45. The van der Waals surface area contributed by atoms with Gasteiger partial charge in [-0.25, -0.2) is 0 Å². The smallest absolute Gasteiger partial charge is 0.00102 e. The van der Waals surface area contributed by atoms with Crippen LogP contribution in [0.5, 0.6) is 0 Å². The Morgan fingerprint density at radius 1 is 1.11 bits per heavy atom. The van der Waals surface area contributed by atoms with Crippen molar-refractivity contribution in [3.63, 3.8) is 0 Å². The summed E-state index contributed by atoms with van der Waals surface area (Å²) in [6.45, 7) is 6.23. The van der Waals surface area contributed by atoms with E-state index in [0.717, 1.165) is 0 Å². The zero-order chi connectivity index (χ0) is 12.4. The summed E-state index contributed by atoms with van der Waals surface area (Å²) in [7, 11) is 0. The third kappa shape index (κ3) is 2.09. The van der Waals surface area contributed by atoms with Crippen LogP contribution in [0.4, 0.5) is 0 Å². The van der Waals surface area contributed by atoms with Crippen molar-refractivity contribution in [3.05, 3.63) is 35.4 Å². The summed E-state index contributed by atoms with van der Waals surface area (Å²) in [4.78, 5) is 2.68. The van der Waals surface area contributed by atoms with E-state index in [1.807, 2.05) is 0 Å². The lowest BCUT2D eigenvalue weighted by atomic mass is 9.74. The van der Waals surface area contributed by atoms with Crippen molar-refractivity contribution in [2.24, 2.45) is 0 Å². The highest BCUT2D eigenvalue weighted by atomic mass is 15.1. The normalized spacial score (nSPS) is 22.3. The molecule has 0 saturated carbocycles. The Bertz CT molecular complexity index is 402. The molecule has 0 unspecified atom stereocenters. The average Bonchev–Trinajstić information content (AvgIpc) is 2.78. The summed E-state index contributed by atoms with van der Waals surface area (Å²) >= 11 is 0. The van der Waals surface area contributed by atoms with E-state index in [2.05, 4.69) is 36.1 Å². The Kier molecular flexibility index (Phi) is 3.43. The summed E-state index contributed by atoms with van der Waals surface area (Å²) in [5, 5.41) is 0. The minimum Gasteiger partial charge on any atom is -0.303 e. The van der Waals surface area contributed by atoms with Crippen molar-refractivity contribution in [2.45, 2.75) is 50.9 Å². The standard InChI is InChI=1S/C17H25N/c1-2-3-12-18-13-10-17(11-14-18)9-8-15-6-4-5-7-16(15)17/h4-7H,2-3,8-14H2,1H3. The molecule has 18 heavy (non-hydrogen) atoms. The molecule has 0 amide bonds. The van der Waals surface area contributed by atoms with E-state index in [1.165, 1.54) is 58.2 Å². The number of likely N-dealkylation sites (tertiary alicyclic amines) is 1. The Labute approximate surface area is 111 Å². The number of hydrogen-bond acceptors (Lipinski definition) is 1. The molecule has 1 aromatic rings. The van der Waals surface area contributed by atoms with Gasteiger partial charge >= 0.3 is 0 Å². The van der Waals surface area contributed by atoms with Gasteiger partial charge in [0, 0.05) is 0 Å². The van der Waals surface area contributed by atoms with Gasteiger partial charge in [-0.05, 0) is 68.3 Å². The number of benzene rings is 1. The topological polar surface area (TPSA) is 3.24 Å². The van der Waals surface area contributed by atoms with E-state index in [0.29, 0.717) is 5.41 Å². The molecule has 0 N–H and O–H groups in total. The lowest BCUT2D eigenvalue weighted by molar-refractivity contribution is 0.157. The van der Waals surface area contributed by atoms with Gasteiger partial charge in [0.15, 0.2) is 0 Å². The van der Waals surface area contributed by atoms with Crippen LogP contribution in [0.1, 0.15) is 50.2 Å². The second-order valence-corrected chi connectivity index (χ2v) is 6.13. The SMILES string of the molecule is CCCCN1CCC2(CCc3ccccc32)CC1. The first-order valence-corrected chi connectivity index (χ1v) is 7.65. The van der Waals surface area contributed by atoms with Crippen LogP contribution in [0, 0.1) is 0 Å². The van der Waals surface area contributed by atoms with Gasteiger partial charge in [-0.3, -0.25) is 0 Å². The molecule has 2 aliphatic rings. The maximum atomic E-state index is 2.68. The van der Waals surface area contributed by atoms with Gasteiger partial charge in [-0.2, -0.15) is 0 Å². The first kappa shape index (κ1) is 12.2. The van der Waals surface area contributed by atoms with Gasteiger partial charge in [0.2, 0.25) is 0 Å². The van der Waals surface area contributed by atoms with E-state index in [9.17, 15) is 0 Å². The quantitative estimate of drug-likeness (QED) is 0.781. The van der Waals surface area contributed by atoms with Crippen LogP contribution < -0.4 is 0 Å². The monoisotopic (exact) mass is 243 g/mol. The number of nitrogens with zero attached hydrogens (tertiary/aromatic N) is 1. The van der Waals surface area contributed by atoms with Gasteiger partial charge in [-0.1, -0.05) is 37.6 Å². The fourth-order valence-electron chi connectivity index (χ4n) is 3.87. The van der Waals surface area contributed by atoms with E-state index in [-0.39, 0.29) is 0 Å². The van der Waals surface area contributed by atoms with Crippen LogP contribution in [0.3, 0.4) is 0 Å². The second-order valence-electron chi connectivity index (χ2n) is 6.13. The first-order chi connectivity index (χ1) is 8.84. The van der Waals surface area contributed by atoms with Crippen molar-refractivity contribution < 1.29 is 0 Å². The first-order valence-electron chi connectivity index (χ1n) is 7.65. The summed E-state index contributed by atoms with van der Waals surface area (Å²) in [6.07, 6.45) is 8.16. The molecule has 3 rings (SSSR count). The molecule has 1 saturated heterocycles. The van der Waals surface area contributed by atoms with Crippen molar-refractivity contribution >= 4 is 0 Å². The van der Waals surface area contributed by atoms with Gasteiger partial charge in [-0.15, -0.1) is 0 Å². The molecular formula is C17H25N. The van der Waals surface area contributed by atoms with E-state index < -0.39 is 0 Å². The summed E-state index contributed by atoms with van der Waals surface area (Å²) in [6, 6.07) is 9.17. The number of fused-ring (bicyclic) bond motifs is 2. The van der Waals surface area contributed by atoms with Gasteiger partial charge < -0.3 is 4.90 Å². The van der Waals surface area contributed by atoms with Gasteiger partial charge in [0.25, 0.3) is 0 Å². The molecule has 1 nitrogen and oxygen atoms in total. The molecule has 1 spiro atoms. The minimum atomic E-state index is 0.541. The van der Waals surface area contributed by atoms with Crippen molar-refractivity contribution in [3.8, 4) is 0 Å². The van der Waals surface area contributed by atoms with Crippen LogP contribution in [0.2, 0.25) is 0 Å². The Hall–Kier alpha value is -0.820. The van der Waals surface area contributed by atoms with Gasteiger partial charge in [0.1, 0.15) is 0 Å². The predicted molar refractivity (Wildman–Crippen MR) is 77.0 cm³/mol. The highest BCUT2D eigenvalue weighted by molar-refractivity contribution is 5.39. The van der Waals surface area contributed by atoms with Crippen molar-refractivity contribution in [1.29, 1.82) is 0 Å². The Balaban J connectivity index is 1.69. The lowest BCUT2D eigenvalue weighted by Gasteiger charge is -2.40. The summed E-state index contributed by atoms with van der Waals surface area (Å²) in [5.41, 5.74) is 3.85. The van der Waals surface area contributed by atoms with Gasteiger partial charge in [0.05, 0.1) is 0 Å². The third-order valence-electron chi connectivity index (χ3n) is 5.10. The fraction of sp³-hybridized carbons (Fsp3) is 0.647. The molecule has 0 atom stereocenters. The highest BCUT2D eigenvalue weighted by Gasteiger charge is 2.40. The number of rotatable bonds is 3. The summed E-state index contributed by atoms with van der Waals surface area (Å²) in [5.74, 6) is 0. The largest absolute Gasteiger partial charge is 0.303 e. The molecule has 98 valence electrons. The van der Waals surface area contributed by atoms with E-state index in [4.69, 9.17) is 0 Å². The number of unbranched alkanes of at least 4 members (excludes halogenated alkanes) is 1. The molecule has 1 aliphatic carbocycles. The molecule has 1 heteroatoms. The molecule has 0 aromatic heterocycles. The fourth-order valence-corrected chi connectivity index (χ4v) is 3.87. The number of piperidine rings is 1. The zero-order valence-corrected chi connectivity index (χ0v) is 11.6. The molecule has 0 bridgehead atoms. The van der Waals surface area contributed by atoms with E-state index in [1.54, 1.807) is 11.1 Å². The predicted octanol–water partition coefficient (Wildman–Crippen LogP) is 3.77. The molecular weight excluding hydrogens is 218 g/mol. The van der Waals surface area contributed by atoms with Crippen LogP contribution in [-0.4, -0.2) is 24.5 Å². The lowest BCUT2D eigenvalue weighted by Crippen LogP contribution is -2.41. The molecule has 1 aromatic carbocycles.